The van der Waals surface area contributed by atoms with Gasteiger partial charge in [0.2, 0.25) is 0 Å². The third-order valence-electron chi connectivity index (χ3n) is 5.47. The predicted octanol–water partition coefficient (Wildman–Crippen LogP) is 5.86. The standard InChI is InChI=1S/C22H46N2/c1-20(2)12-14-22(15-13-21(3)4)23-16-8-6-5-7-9-17-24-18-10-11-19-24/h20-23H,5-19H2,1-4H3. The van der Waals surface area contributed by atoms with Gasteiger partial charge in [-0.3, -0.25) is 0 Å². The van der Waals surface area contributed by atoms with Crippen LogP contribution in [0.15, 0.2) is 0 Å². The smallest absolute Gasteiger partial charge is 0.00672 e. The first kappa shape index (κ1) is 22.0. The zero-order valence-electron chi connectivity index (χ0n) is 17.3. The number of hydrogen-bond donors (Lipinski definition) is 1. The lowest BCUT2D eigenvalue weighted by atomic mass is 9.96. The van der Waals surface area contributed by atoms with Gasteiger partial charge in [-0.15, -0.1) is 0 Å². The van der Waals surface area contributed by atoms with E-state index >= 15 is 0 Å². The highest BCUT2D eigenvalue weighted by Crippen LogP contribution is 2.15. The molecule has 0 amide bonds. The van der Waals surface area contributed by atoms with Crippen LogP contribution in [-0.4, -0.2) is 37.1 Å². The number of unbranched alkanes of at least 4 members (excludes halogenated alkanes) is 4. The van der Waals surface area contributed by atoms with Crippen LogP contribution in [0, 0.1) is 11.8 Å². The quantitative estimate of drug-likeness (QED) is 0.376. The SMILES string of the molecule is CC(C)CCC(CCC(C)C)NCCCCCCCN1CCCC1. The van der Waals surface area contributed by atoms with E-state index in [0.717, 1.165) is 17.9 Å². The van der Waals surface area contributed by atoms with E-state index in [0.29, 0.717) is 0 Å². The van der Waals surface area contributed by atoms with Crippen molar-refractivity contribution < 1.29 is 0 Å². The maximum atomic E-state index is 3.86. The summed E-state index contributed by atoms with van der Waals surface area (Å²) in [5.41, 5.74) is 0. The van der Waals surface area contributed by atoms with Gasteiger partial charge in [-0.25, -0.2) is 0 Å². The molecule has 1 N–H and O–H groups in total. The Morgan fingerprint density at radius 2 is 1.25 bits per heavy atom. The van der Waals surface area contributed by atoms with Gasteiger partial charge in [0.25, 0.3) is 0 Å². The lowest BCUT2D eigenvalue weighted by Crippen LogP contribution is -2.30. The Balaban J connectivity index is 1.97. The molecule has 2 heteroatoms. The molecule has 0 aliphatic carbocycles. The Morgan fingerprint density at radius 3 is 1.83 bits per heavy atom. The van der Waals surface area contributed by atoms with Crippen molar-refractivity contribution in [1.29, 1.82) is 0 Å². The normalized spacial score (nSPS) is 16.1. The first-order valence-electron chi connectivity index (χ1n) is 11.0. The molecule has 0 aromatic carbocycles. The van der Waals surface area contributed by atoms with Gasteiger partial charge in [-0.2, -0.15) is 0 Å². The largest absolute Gasteiger partial charge is 0.314 e. The van der Waals surface area contributed by atoms with Gasteiger partial charge in [0, 0.05) is 6.04 Å². The highest BCUT2D eigenvalue weighted by atomic mass is 15.1. The lowest BCUT2D eigenvalue weighted by Gasteiger charge is -2.21. The van der Waals surface area contributed by atoms with Crippen LogP contribution in [0.4, 0.5) is 0 Å². The summed E-state index contributed by atoms with van der Waals surface area (Å²) in [5, 5.41) is 3.86. The van der Waals surface area contributed by atoms with Crippen molar-refractivity contribution in [2.75, 3.05) is 26.2 Å². The number of nitrogens with one attached hydrogen (secondary N) is 1. The Morgan fingerprint density at radius 1 is 0.708 bits per heavy atom. The fourth-order valence-electron chi connectivity index (χ4n) is 3.72. The minimum atomic E-state index is 0.755. The van der Waals surface area contributed by atoms with Crippen LogP contribution in [0.1, 0.15) is 98.3 Å². The fraction of sp³-hybridized carbons (Fsp3) is 1.00. The molecular formula is C22H46N2. The molecule has 0 atom stereocenters. The lowest BCUT2D eigenvalue weighted by molar-refractivity contribution is 0.327. The molecule has 0 radical (unpaired) electrons. The molecule has 0 aromatic heterocycles. The first-order chi connectivity index (χ1) is 11.6. The Kier molecular flexibility index (Phi) is 12.9. The van der Waals surface area contributed by atoms with Gasteiger partial charge < -0.3 is 10.2 Å². The van der Waals surface area contributed by atoms with Crippen LogP contribution >= 0.6 is 0 Å². The molecule has 24 heavy (non-hydrogen) atoms. The summed E-state index contributed by atoms with van der Waals surface area (Å²) in [6.07, 6.45) is 15.4. The molecule has 1 aliphatic heterocycles. The van der Waals surface area contributed by atoms with Crippen LogP contribution in [0.3, 0.4) is 0 Å². The highest BCUT2D eigenvalue weighted by Gasteiger charge is 2.11. The summed E-state index contributed by atoms with van der Waals surface area (Å²) in [6, 6.07) is 0.755. The summed E-state index contributed by atoms with van der Waals surface area (Å²) in [4.78, 5) is 2.65. The van der Waals surface area contributed by atoms with E-state index in [1.54, 1.807) is 0 Å². The Labute approximate surface area is 153 Å². The summed E-state index contributed by atoms with van der Waals surface area (Å²) in [7, 11) is 0. The van der Waals surface area contributed by atoms with Gasteiger partial charge in [0.05, 0.1) is 0 Å². The second kappa shape index (κ2) is 14.1. The average molecular weight is 339 g/mol. The molecule has 1 fully saturated rings. The minimum absolute atomic E-state index is 0.755. The fourth-order valence-corrected chi connectivity index (χ4v) is 3.72. The van der Waals surface area contributed by atoms with Crippen LogP contribution in [0.5, 0.6) is 0 Å². The van der Waals surface area contributed by atoms with Crippen molar-refractivity contribution in [3.63, 3.8) is 0 Å². The molecule has 1 aliphatic rings. The monoisotopic (exact) mass is 338 g/mol. The molecule has 1 heterocycles. The van der Waals surface area contributed by atoms with Crippen LogP contribution in [0.25, 0.3) is 0 Å². The van der Waals surface area contributed by atoms with E-state index in [1.807, 2.05) is 0 Å². The summed E-state index contributed by atoms with van der Waals surface area (Å²) >= 11 is 0. The number of rotatable bonds is 15. The Hall–Kier alpha value is -0.0800. The first-order valence-corrected chi connectivity index (χ1v) is 11.0. The van der Waals surface area contributed by atoms with Gasteiger partial charge in [-0.1, -0.05) is 47.0 Å². The molecule has 144 valence electrons. The van der Waals surface area contributed by atoms with E-state index in [-0.39, 0.29) is 0 Å². The van der Waals surface area contributed by atoms with Crippen molar-refractivity contribution in [1.82, 2.24) is 10.2 Å². The van der Waals surface area contributed by atoms with Crippen molar-refractivity contribution in [2.24, 2.45) is 11.8 Å². The van der Waals surface area contributed by atoms with Gasteiger partial charge in [0.15, 0.2) is 0 Å². The topological polar surface area (TPSA) is 15.3 Å². The van der Waals surface area contributed by atoms with E-state index < -0.39 is 0 Å². The molecule has 1 saturated heterocycles. The van der Waals surface area contributed by atoms with Gasteiger partial charge >= 0.3 is 0 Å². The zero-order valence-corrected chi connectivity index (χ0v) is 17.3. The van der Waals surface area contributed by atoms with E-state index in [4.69, 9.17) is 0 Å². The molecule has 0 aromatic rings. The maximum Gasteiger partial charge on any atom is 0.00672 e. The number of hydrogen-bond acceptors (Lipinski definition) is 2. The number of nitrogens with zero attached hydrogens (tertiary/aromatic N) is 1. The van der Waals surface area contributed by atoms with Gasteiger partial charge in [0.1, 0.15) is 0 Å². The van der Waals surface area contributed by atoms with Crippen molar-refractivity contribution >= 4 is 0 Å². The van der Waals surface area contributed by atoms with Crippen LogP contribution in [0.2, 0.25) is 0 Å². The molecule has 0 bridgehead atoms. The van der Waals surface area contributed by atoms with E-state index in [2.05, 4.69) is 37.9 Å². The zero-order chi connectivity index (χ0) is 17.6. The highest BCUT2D eigenvalue weighted by molar-refractivity contribution is 4.69. The number of likely N-dealkylation sites (tertiary alicyclic amines) is 1. The van der Waals surface area contributed by atoms with Gasteiger partial charge in [-0.05, 0) is 89.4 Å². The second-order valence-corrected chi connectivity index (χ2v) is 8.91. The molecular weight excluding hydrogens is 292 g/mol. The Bertz CT molecular complexity index is 257. The van der Waals surface area contributed by atoms with Crippen molar-refractivity contribution in [2.45, 2.75) is 104 Å². The third kappa shape index (κ3) is 12.3. The van der Waals surface area contributed by atoms with E-state index in [9.17, 15) is 0 Å². The third-order valence-corrected chi connectivity index (χ3v) is 5.47. The summed E-state index contributed by atoms with van der Waals surface area (Å²) in [5.74, 6) is 1.67. The minimum Gasteiger partial charge on any atom is -0.314 e. The molecule has 0 unspecified atom stereocenters. The molecule has 0 saturated carbocycles. The molecule has 1 rings (SSSR count). The van der Waals surface area contributed by atoms with Crippen molar-refractivity contribution in [3.8, 4) is 0 Å². The predicted molar refractivity (Wildman–Crippen MR) is 109 cm³/mol. The second-order valence-electron chi connectivity index (χ2n) is 8.91. The molecule has 0 spiro atoms. The summed E-state index contributed by atoms with van der Waals surface area (Å²) < 4.78 is 0. The maximum absolute atomic E-state index is 3.86. The summed E-state index contributed by atoms with van der Waals surface area (Å²) in [6.45, 7) is 14.7. The average Bonchev–Trinajstić information content (AvgIpc) is 3.04. The van der Waals surface area contributed by atoms with Crippen LogP contribution in [-0.2, 0) is 0 Å². The van der Waals surface area contributed by atoms with Crippen molar-refractivity contribution in [3.05, 3.63) is 0 Å². The van der Waals surface area contributed by atoms with Crippen LogP contribution < -0.4 is 5.32 Å². The molecule has 2 nitrogen and oxygen atoms in total. The van der Waals surface area contributed by atoms with E-state index in [1.165, 1.54) is 96.8 Å².